The Labute approximate surface area is 59.6 Å². The second-order valence-corrected chi connectivity index (χ2v) is 2.14. The lowest BCUT2D eigenvalue weighted by Crippen LogP contribution is -1.94. The van der Waals surface area contributed by atoms with Gasteiger partial charge in [-0.2, -0.15) is 5.10 Å². The van der Waals surface area contributed by atoms with Crippen molar-refractivity contribution in [2.24, 2.45) is 7.05 Å². The summed E-state index contributed by atoms with van der Waals surface area (Å²) >= 11 is 0. The number of ether oxygens (including phenoxy) is 1. The molecule has 4 heteroatoms. The van der Waals surface area contributed by atoms with Gasteiger partial charge in [-0.05, 0) is 0 Å². The second-order valence-electron chi connectivity index (χ2n) is 2.14. The molecule has 0 unspecified atom stereocenters. The summed E-state index contributed by atoms with van der Waals surface area (Å²) in [6, 6.07) is 0. The van der Waals surface area contributed by atoms with Crippen molar-refractivity contribution in [3.05, 3.63) is 11.9 Å². The third kappa shape index (κ3) is 1.27. The first-order valence-corrected chi connectivity index (χ1v) is 3.01. The predicted molar refractivity (Wildman–Crippen MR) is 38.3 cm³/mol. The van der Waals surface area contributed by atoms with Crippen LogP contribution in [0.3, 0.4) is 0 Å². The highest BCUT2D eigenvalue weighted by molar-refractivity contribution is 5.39. The minimum Gasteiger partial charge on any atom is -0.396 e. The molecule has 1 rings (SSSR count). The molecule has 1 aromatic rings. The summed E-state index contributed by atoms with van der Waals surface area (Å²) in [7, 11) is 3.45. The number of aromatic nitrogens is 2. The van der Waals surface area contributed by atoms with Crippen LogP contribution in [-0.4, -0.2) is 16.9 Å². The highest BCUT2D eigenvalue weighted by Crippen LogP contribution is 2.07. The quantitative estimate of drug-likeness (QED) is 0.637. The molecule has 1 aromatic heterocycles. The number of nitrogens with zero attached hydrogens (tertiary/aromatic N) is 2. The van der Waals surface area contributed by atoms with Crippen LogP contribution in [0.5, 0.6) is 0 Å². The molecule has 0 aliphatic carbocycles. The van der Waals surface area contributed by atoms with E-state index >= 15 is 0 Å². The molecule has 4 nitrogen and oxygen atoms in total. The van der Waals surface area contributed by atoms with Crippen molar-refractivity contribution in [2.75, 3.05) is 12.8 Å². The molecule has 0 aliphatic rings. The molecule has 0 aliphatic heterocycles. The summed E-state index contributed by atoms with van der Waals surface area (Å²) in [5.74, 6) is 0. The monoisotopic (exact) mass is 141 g/mol. The van der Waals surface area contributed by atoms with E-state index in [1.807, 2.05) is 7.05 Å². The summed E-state index contributed by atoms with van der Waals surface area (Å²) in [6.07, 6.45) is 1.76. The molecule has 0 fully saturated rings. The van der Waals surface area contributed by atoms with Crippen LogP contribution in [0.1, 0.15) is 5.69 Å². The molecule has 1 heterocycles. The van der Waals surface area contributed by atoms with Crippen molar-refractivity contribution in [2.45, 2.75) is 6.61 Å². The Bertz CT molecular complexity index is 219. The van der Waals surface area contributed by atoms with E-state index in [2.05, 4.69) is 5.10 Å². The van der Waals surface area contributed by atoms with Gasteiger partial charge in [0.15, 0.2) is 0 Å². The van der Waals surface area contributed by atoms with Crippen LogP contribution in [0.4, 0.5) is 5.69 Å². The number of anilines is 1. The molecule has 0 radical (unpaired) electrons. The number of methoxy groups -OCH3 is 1. The van der Waals surface area contributed by atoms with E-state index in [0.717, 1.165) is 5.69 Å². The molecule has 56 valence electrons. The summed E-state index contributed by atoms with van der Waals surface area (Å²) in [4.78, 5) is 0. The SMILES string of the molecule is COCc1nn(C)cc1N. The van der Waals surface area contributed by atoms with E-state index in [1.165, 1.54) is 0 Å². The van der Waals surface area contributed by atoms with E-state index in [4.69, 9.17) is 10.5 Å². The zero-order chi connectivity index (χ0) is 7.56. The minimum atomic E-state index is 0.479. The standard InChI is InChI=1S/C6H11N3O/c1-9-3-5(7)6(8-9)4-10-2/h3H,4,7H2,1-2H3. The lowest BCUT2D eigenvalue weighted by atomic mass is 10.4. The van der Waals surface area contributed by atoms with Crippen LogP contribution in [0, 0.1) is 0 Å². The largest absolute Gasteiger partial charge is 0.396 e. The van der Waals surface area contributed by atoms with Crippen molar-refractivity contribution in [3.8, 4) is 0 Å². The smallest absolute Gasteiger partial charge is 0.111 e. The topological polar surface area (TPSA) is 53.1 Å². The van der Waals surface area contributed by atoms with Gasteiger partial charge in [-0.15, -0.1) is 0 Å². The number of rotatable bonds is 2. The molecule has 0 saturated heterocycles. The van der Waals surface area contributed by atoms with Gasteiger partial charge in [-0.25, -0.2) is 0 Å². The molecular weight excluding hydrogens is 130 g/mol. The normalized spacial score (nSPS) is 10.2. The number of hydrogen-bond acceptors (Lipinski definition) is 3. The van der Waals surface area contributed by atoms with Crippen LogP contribution in [0.15, 0.2) is 6.20 Å². The van der Waals surface area contributed by atoms with E-state index < -0.39 is 0 Å². The number of nitrogen functional groups attached to an aromatic ring is 1. The molecule has 0 saturated carbocycles. The van der Waals surface area contributed by atoms with Crippen LogP contribution in [-0.2, 0) is 18.4 Å². The van der Waals surface area contributed by atoms with E-state index in [9.17, 15) is 0 Å². The van der Waals surface area contributed by atoms with Crippen molar-refractivity contribution < 1.29 is 4.74 Å². The molecule has 0 amide bonds. The Balaban J connectivity index is 2.81. The van der Waals surface area contributed by atoms with Crippen molar-refractivity contribution >= 4 is 5.69 Å². The van der Waals surface area contributed by atoms with Gasteiger partial charge in [-0.3, -0.25) is 4.68 Å². The first-order valence-electron chi connectivity index (χ1n) is 3.01. The average molecular weight is 141 g/mol. The van der Waals surface area contributed by atoms with Gasteiger partial charge in [0.2, 0.25) is 0 Å². The third-order valence-electron chi connectivity index (χ3n) is 1.22. The van der Waals surface area contributed by atoms with E-state index in [0.29, 0.717) is 12.3 Å². The summed E-state index contributed by atoms with van der Waals surface area (Å²) in [5, 5.41) is 4.07. The fourth-order valence-corrected chi connectivity index (χ4v) is 0.802. The predicted octanol–water partition coefficient (Wildman–Crippen LogP) is 0.149. The molecule has 0 bridgehead atoms. The molecule has 0 spiro atoms. The average Bonchev–Trinajstić information content (AvgIpc) is 2.13. The Morgan fingerprint density at radius 1 is 1.80 bits per heavy atom. The van der Waals surface area contributed by atoms with Crippen LogP contribution >= 0.6 is 0 Å². The number of nitrogens with two attached hydrogens (primary N) is 1. The van der Waals surface area contributed by atoms with Gasteiger partial charge in [0.25, 0.3) is 0 Å². The Morgan fingerprint density at radius 3 is 2.90 bits per heavy atom. The third-order valence-corrected chi connectivity index (χ3v) is 1.22. The first kappa shape index (κ1) is 7.08. The van der Waals surface area contributed by atoms with Crippen LogP contribution < -0.4 is 5.73 Å². The lowest BCUT2D eigenvalue weighted by Gasteiger charge is -1.92. The Hall–Kier alpha value is -1.03. The van der Waals surface area contributed by atoms with Crippen molar-refractivity contribution in [3.63, 3.8) is 0 Å². The van der Waals surface area contributed by atoms with Crippen molar-refractivity contribution in [1.29, 1.82) is 0 Å². The fourth-order valence-electron chi connectivity index (χ4n) is 0.802. The Morgan fingerprint density at radius 2 is 2.50 bits per heavy atom. The molecular formula is C6H11N3O. The summed E-state index contributed by atoms with van der Waals surface area (Å²) < 4.78 is 6.54. The number of hydrogen-bond donors (Lipinski definition) is 1. The van der Waals surface area contributed by atoms with Crippen molar-refractivity contribution in [1.82, 2.24) is 9.78 Å². The second kappa shape index (κ2) is 2.70. The maximum absolute atomic E-state index is 5.56. The Kier molecular flexibility index (Phi) is 1.91. The fraction of sp³-hybridized carbons (Fsp3) is 0.500. The highest BCUT2D eigenvalue weighted by Gasteiger charge is 2.01. The zero-order valence-electron chi connectivity index (χ0n) is 6.16. The van der Waals surface area contributed by atoms with Gasteiger partial charge < -0.3 is 10.5 Å². The highest BCUT2D eigenvalue weighted by atomic mass is 16.5. The van der Waals surface area contributed by atoms with E-state index in [1.54, 1.807) is 18.0 Å². The molecule has 0 atom stereocenters. The van der Waals surface area contributed by atoms with E-state index in [-0.39, 0.29) is 0 Å². The molecule has 0 aromatic carbocycles. The van der Waals surface area contributed by atoms with Gasteiger partial charge in [-0.1, -0.05) is 0 Å². The maximum atomic E-state index is 5.56. The lowest BCUT2D eigenvalue weighted by molar-refractivity contribution is 0.181. The summed E-state index contributed by atoms with van der Waals surface area (Å²) in [5.41, 5.74) is 7.04. The van der Waals surface area contributed by atoms with Gasteiger partial charge >= 0.3 is 0 Å². The zero-order valence-corrected chi connectivity index (χ0v) is 6.16. The van der Waals surface area contributed by atoms with Crippen LogP contribution in [0.25, 0.3) is 0 Å². The van der Waals surface area contributed by atoms with Crippen LogP contribution in [0.2, 0.25) is 0 Å². The van der Waals surface area contributed by atoms with Gasteiger partial charge in [0.1, 0.15) is 5.69 Å². The first-order chi connectivity index (χ1) is 4.74. The molecule has 2 N–H and O–H groups in total. The number of aryl methyl sites for hydroxylation is 1. The van der Waals surface area contributed by atoms with Gasteiger partial charge in [0, 0.05) is 20.4 Å². The molecule has 10 heavy (non-hydrogen) atoms. The van der Waals surface area contributed by atoms with Gasteiger partial charge in [0.05, 0.1) is 12.3 Å². The minimum absolute atomic E-state index is 0.479. The maximum Gasteiger partial charge on any atom is 0.111 e. The summed E-state index contributed by atoms with van der Waals surface area (Å²) in [6.45, 7) is 0.479.